The third kappa shape index (κ3) is 5.41. The van der Waals surface area contributed by atoms with E-state index in [2.05, 4.69) is 10.6 Å². The summed E-state index contributed by atoms with van der Waals surface area (Å²) in [5.41, 5.74) is -0.171. The second-order valence-electron chi connectivity index (χ2n) is 3.15. The van der Waals surface area contributed by atoms with Gasteiger partial charge in [-0.2, -0.15) is 0 Å². The van der Waals surface area contributed by atoms with E-state index in [4.69, 9.17) is 0 Å². The molecule has 0 aliphatic carbocycles. The maximum absolute atomic E-state index is 10.8. The molecule has 2 amide bonds. The molecular weight excluding hydrogens is 128 g/mol. The van der Waals surface area contributed by atoms with Gasteiger partial charge in [0.2, 0.25) is 0 Å². The number of carbonyl (C=O) groups excluding carboxylic acids is 1. The third-order valence-corrected chi connectivity index (χ3v) is 0.784. The highest BCUT2D eigenvalue weighted by molar-refractivity contribution is 5.74. The summed E-state index contributed by atoms with van der Waals surface area (Å²) in [6.45, 7) is 8.16. The minimum absolute atomic E-state index is 0.171. The van der Waals surface area contributed by atoms with Crippen LogP contribution in [0.3, 0.4) is 0 Å². The maximum atomic E-state index is 10.8. The van der Waals surface area contributed by atoms with Gasteiger partial charge in [-0.3, -0.25) is 0 Å². The van der Waals surface area contributed by atoms with Crippen molar-refractivity contribution in [2.24, 2.45) is 0 Å². The molecule has 0 aromatic heterocycles. The van der Waals surface area contributed by atoms with E-state index in [1.54, 1.807) is 0 Å². The Balaban J connectivity index is 3.58. The normalized spacial score (nSPS) is 10.8. The van der Waals surface area contributed by atoms with Crippen LogP contribution in [-0.4, -0.2) is 18.1 Å². The highest BCUT2D eigenvalue weighted by atomic mass is 16.2. The first-order valence-electron chi connectivity index (χ1n) is 3.45. The van der Waals surface area contributed by atoms with E-state index in [0.717, 1.165) is 0 Å². The first-order valence-corrected chi connectivity index (χ1v) is 3.45. The summed E-state index contributed by atoms with van der Waals surface area (Å²) >= 11 is 0. The highest BCUT2D eigenvalue weighted by Gasteiger charge is 2.12. The maximum Gasteiger partial charge on any atom is 0.336 e. The molecule has 1 N–H and O–H groups in total. The number of nitrogens with zero attached hydrogens (tertiary/aromatic N) is 1. The topological polar surface area (TPSA) is 43.2 Å². The standard InChI is InChI=1S/C7H15N2O/c1-5-8-6(10)9-7(2,3)4/h5H2,1-4H3,(H,9,10). The van der Waals surface area contributed by atoms with Gasteiger partial charge in [-0.15, -0.1) is 0 Å². The van der Waals surface area contributed by atoms with Crippen molar-refractivity contribution in [3.63, 3.8) is 0 Å². The quantitative estimate of drug-likeness (QED) is 0.587. The predicted molar refractivity (Wildman–Crippen MR) is 41.0 cm³/mol. The van der Waals surface area contributed by atoms with Crippen molar-refractivity contribution in [2.75, 3.05) is 6.54 Å². The van der Waals surface area contributed by atoms with E-state index in [1.807, 2.05) is 27.7 Å². The molecule has 0 aliphatic rings. The molecule has 3 heteroatoms. The van der Waals surface area contributed by atoms with E-state index >= 15 is 0 Å². The van der Waals surface area contributed by atoms with Crippen molar-refractivity contribution >= 4 is 6.03 Å². The van der Waals surface area contributed by atoms with Gasteiger partial charge in [0.25, 0.3) is 0 Å². The Morgan fingerprint density at radius 1 is 1.50 bits per heavy atom. The molecule has 3 nitrogen and oxygen atoms in total. The molecule has 0 aromatic carbocycles. The van der Waals surface area contributed by atoms with E-state index in [0.29, 0.717) is 6.54 Å². The van der Waals surface area contributed by atoms with Crippen LogP contribution in [-0.2, 0) is 0 Å². The van der Waals surface area contributed by atoms with Crippen LogP contribution < -0.4 is 10.6 Å². The largest absolute Gasteiger partial charge is 0.336 e. The fourth-order valence-corrected chi connectivity index (χ4v) is 0.504. The van der Waals surface area contributed by atoms with Crippen molar-refractivity contribution in [3.8, 4) is 0 Å². The lowest BCUT2D eigenvalue weighted by Crippen LogP contribution is -2.43. The summed E-state index contributed by atoms with van der Waals surface area (Å²) in [7, 11) is 0. The zero-order valence-corrected chi connectivity index (χ0v) is 7.06. The molecule has 0 saturated carbocycles. The van der Waals surface area contributed by atoms with Gasteiger partial charge in [-0.25, -0.2) is 10.1 Å². The first kappa shape index (κ1) is 9.27. The zero-order chi connectivity index (χ0) is 8.20. The van der Waals surface area contributed by atoms with E-state index in [-0.39, 0.29) is 11.6 Å². The van der Waals surface area contributed by atoms with Gasteiger partial charge in [0, 0.05) is 12.1 Å². The average molecular weight is 143 g/mol. The molecule has 0 fully saturated rings. The summed E-state index contributed by atoms with van der Waals surface area (Å²) < 4.78 is 0. The first-order chi connectivity index (χ1) is 4.45. The lowest BCUT2D eigenvalue weighted by atomic mass is 10.1. The fraction of sp³-hybridized carbons (Fsp3) is 0.857. The number of hydrogen-bond donors (Lipinski definition) is 1. The van der Waals surface area contributed by atoms with Crippen molar-refractivity contribution in [3.05, 3.63) is 0 Å². The number of rotatable bonds is 1. The Morgan fingerprint density at radius 2 is 2.00 bits per heavy atom. The van der Waals surface area contributed by atoms with Crippen LogP contribution in [0.5, 0.6) is 0 Å². The zero-order valence-electron chi connectivity index (χ0n) is 7.06. The lowest BCUT2D eigenvalue weighted by molar-refractivity contribution is 0.232. The smallest absolute Gasteiger partial charge is 0.332 e. The third-order valence-electron chi connectivity index (χ3n) is 0.784. The van der Waals surface area contributed by atoms with Gasteiger partial charge < -0.3 is 5.32 Å². The number of nitrogens with one attached hydrogen (secondary N) is 1. The van der Waals surface area contributed by atoms with Crippen LogP contribution in [0.1, 0.15) is 27.7 Å². The van der Waals surface area contributed by atoms with Gasteiger partial charge >= 0.3 is 6.03 Å². The molecule has 0 saturated heterocycles. The fourth-order valence-electron chi connectivity index (χ4n) is 0.504. The van der Waals surface area contributed by atoms with Crippen LogP contribution in [0.15, 0.2) is 0 Å². The minimum atomic E-state index is -0.227. The molecular formula is C7H15N2O. The van der Waals surface area contributed by atoms with Crippen LogP contribution in [0.2, 0.25) is 0 Å². The molecule has 0 aromatic rings. The Hall–Kier alpha value is -0.730. The Morgan fingerprint density at radius 3 is 2.30 bits per heavy atom. The van der Waals surface area contributed by atoms with Crippen molar-refractivity contribution in [1.82, 2.24) is 10.6 Å². The van der Waals surface area contributed by atoms with Crippen molar-refractivity contribution in [2.45, 2.75) is 33.2 Å². The summed E-state index contributed by atoms with van der Waals surface area (Å²) in [4.78, 5) is 10.8. The Labute approximate surface area is 62.2 Å². The van der Waals surface area contributed by atoms with Gasteiger partial charge in [0.1, 0.15) is 0 Å². The molecule has 0 unspecified atom stereocenters. The predicted octanol–water partition coefficient (Wildman–Crippen LogP) is 1.12. The SMILES string of the molecule is CC[N]C(=O)NC(C)(C)C. The van der Waals surface area contributed by atoms with Gasteiger partial charge in [0.05, 0.1) is 0 Å². The molecule has 0 bridgehead atoms. The molecule has 0 spiro atoms. The molecule has 0 rings (SSSR count). The molecule has 59 valence electrons. The molecule has 0 heterocycles. The summed E-state index contributed by atoms with van der Waals surface area (Å²) in [5, 5.41) is 6.37. The van der Waals surface area contributed by atoms with Crippen molar-refractivity contribution < 1.29 is 4.79 Å². The van der Waals surface area contributed by atoms with Gasteiger partial charge in [-0.1, -0.05) is 0 Å². The number of urea groups is 1. The average Bonchev–Trinajstić information content (AvgIpc) is 1.59. The molecule has 0 atom stereocenters. The van der Waals surface area contributed by atoms with Gasteiger partial charge in [-0.05, 0) is 27.7 Å². The highest BCUT2D eigenvalue weighted by Crippen LogP contribution is 1.97. The second-order valence-corrected chi connectivity index (χ2v) is 3.15. The number of hydrogen-bond acceptors (Lipinski definition) is 1. The summed E-state index contributed by atoms with van der Waals surface area (Å²) in [6, 6.07) is -0.227. The van der Waals surface area contributed by atoms with E-state index < -0.39 is 0 Å². The van der Waals surface area contributed by atoms with Crippen LogP contribution >= 0.6 is 0 Å². The number of carbonyl (C=O) groups is 1. The Bertz CT molecular complexity index is 115. The Kier molecular flexibility index (Phi) is 3.19. The van der Waals surface area contributed by atoms with Crippen LogP contribution in [0.25, 0.3) is 0 Å². The summed E-state index contributed by atoms with van der Waals surface area (Å²) in [6.07, 6.45) is 0. The monoisotopic (exact) mass is 143 g/mol. The van der Waals surface area contributed by atoms with E-state index in [9.17, 15) is 4.79 Å². The van der Waals surface area contributed by atoms with Crippen molar-refractivity contribution in [1.29, 1.82) is 0 Å². The minimum Gasteiger partial charge on any atom is -0.332 e. The van der Waals surface area contributed by atoms with Crippen LogP contribution in [0, 0.1) is 0 Å². The van der Waals surface area contributed by atoms with E-state index in [1.165, 1.54) is 0 Å². The molecule has 0 aliphatic heterocycles. The number of amides is 2. The summed E-state index contributed by atoms with van der Waals surface area (Å²) in [5.74, 6) is 0. The molecule has 1 radical (unpaired) electrons. The molecule has 10 heavy (non-hydrogen) atoms. The second kappa shape index (κ2) is 3.44. The van der Waals surface area contributed by atoms with Gasteiger partial charge in [0.15, 0.2) is 0 Å². The lowest BCUT2D eigenvalue weighted by Gasteiger charge is -2.19. The van der Waals surface area contributed by atoms with Crippen LogP contribution in [0.4, 0.5) is 4.79 Å².